The Labute approximate surface area is 103 Å². The number of thioether (sulfide) groups is 1. The molecule has 0 spiro atoms. The highest BCUT2D eigenvalue weighted by Crippen LogP contribution is 2.28. The third kappa shape index (κ3) is 4.34. The first kappa shape index (κ1) is 13.8. The smallest absolute Gasteiger partial charge is 0.221 e. The zero-order valence-corrected chi connectivity index (χ0v) is 11.4. The van der Waals surface area contributed by atoms with Gasteiger partial charge in [0.15, 0.2) is 0 Å². The molecule has 16 heavy (non-hydrogen) atoms. The summed E-state index contributed by atoms with van der Waals surface area (Å²) in [5.74, 6) is 0.194. The van der Waals surface area contributed by atoms with Crippen molar-refractivity contribution in [1.82, 2.24) is 10.6 Å². The van der Waals surface area contributed by atoms with Gasteiger partial charge in [0.25, 0.3) is 0 Å². The molecule has 0 radical (unpaired) electrons. The topological polar surface area (TPSA) is 41.1 Å². The zero-order chi connectivity index (χ0) is 12.0. The van der Waals surface area contributed by atoms with Gasteiger partial charge in [-0.15, -0.1) is 0 Å². The molecule has 4 heteroatoms. The van der Waals surface area contributed by atoms with Crippen molar-refractivity contribution in [3.05, 3.63) is 0 Å². The fraction of sp³-hybridized carbons (Fsp3) is 0.917. The van der Waals surface area contributed by atoms with Crippen molar-refractivity contribution in [2.45, 2.75) is 56.9 Å². The van der Waals surface area contributed by atoms with Gasteiger partial charge in [0.2, 0.25) is 5.91 Å². The largest absolute Gasteiger partial charge is 0.352 e. The van der Waals surface area contributed by atoms with Crippen LogP contribution in [-0.4, -0.2) is 36.0 Å². The first-order valence-corrected chi connectivity index (χ1v) is 7.51. The lowest BCUT2D eigenvalue weighted by atomic mass is 10.2. The maximum absolute atomic E-state index is 11.8. The normalized spacial score (nSPS) is 26.7. The van der Waals surface area contributed by atoms with Crippen LogP contribution in [0.15, 0.2) is 0 Å². The molecule has 3 atom stereocenters. The Morgan fingerprint density at radius 1 is 1.50 bits per heavy atom. The van der Waals surface area contributed by atoms with Gasteiger partial charge < -0.3 is 10.6 Å². The van der Waals surface area contributed by atoms with E-state index in [0.29, 0.717) is 17.7 Å². The van der Waals surface area contributed by atoms with Gasteiger partial charge >= 0.3 is 0 Å². The molecule has 3 unspecified atom stereocenters. The van der Waals surface area contributed by atoms with Gasteiger partial charge in [-0.3, -0.25) is 4.79 Å². The Morgan fingerprint density at radius 2 is 2.25 bits per heavy atom. The van der Waals surface area contributed by atoms with Crippen LogP contribution in [0, 0.1) is 0 Å². The second-order valence-electron chi connectivity index (χ2n) is 4.54. The molecule has 1 aliphatic carbocycles. The third-order valence-corrected chi connectivity index (χ3v) is 4.32. The molecule has 1 fully saturated rings. The van der Waals surface area contributed by atoms with Gasteiger partial charge in [-0.1, -0.05) is 13.3 Å². The molecule has 0 aliphatic heterocycles. The van der Waals surface area contributed by atoms with Crippen LogP contribution in [0.4, 0.5) is 0 Å². The quantitative estimate of drug-likeness (QED) is 0.748. The first-order valence-electron chi connectivity index (χ1n) is 6.23. The van der Waals surface area contributed by atoms with Crippen molar-refractivity contribution in [3.63, 3.8) is 0 Å². The van der Waals surface area contributed by atoms with E-state index >= 15 is 0 Å². The highest BCUT2D eigenvalue weighted by Gasteiger charge is 2.27. The standard InChI is InChI=1S/C12H24N2OS/c1-4-13-9(2)8-12(15)14-10-6-5-7-11(10)16-3/h9-11,13H,4-8H2,1-3H3,(H,14,15). The zero-order valence-electron chi connectivity index (χ0n) is 10.6. The summed E-state index contributed by atoms with van der Waals surface area (Å²) in [7, 11) is 0. The molecule has 1 rings (SSSR count). The van der Waals surface area contributed by atoms with E-state index < -0.39 is 0 Å². The fourth-order valence-corrected chi connectivity index (χ4v) is 3.27. The lowest BCUT2D eigenvalue weighted by Crippen LogP contribution is -2.41. The highest BCUT2D eigenvalue weighted by molar-refractivity contribution is 7.99. The Balaban J connectivity index is 2.28. The minimum absolute atomic E-state index is 0.194. The second kappa shape index (κ2) is 7.17. The van der Waals surface area contributed by atoms with Crippen molar-refractivity contribution in [3.8, 4) is 0 Å². The van der Waals surface area contributed by atoms with Crippen molar-refractivity contribution in [2.24, 2.45) is 0 Å². The van der Waals surface area contributed by atoms with Crippen LogP contribution in [0.5, 0.6) is 0 Å². The molecule has 1 aliphatic rings. The van der Waals surface area contributed by atoms with E-state index in [0.717, 1.165) is 13.0 Å². The molecule has 0 aromatic rings. The summed E-state index contributed by atoms with van der Waals surface area (Å²) in [5.41, 5.74) is 0. The first-order chi connectivity index (χ1) is 7.67. The number of rotatable bonds is 6. The Morgan fingerprint density at radius 3 is 2.88 bits per heavy atom. The van der Waals surface area contributed by atoms with E-state index in [1.54, 1.807) is 0 Å². The summed E-state index contributed by atoms with van der Waals surface area (Å²) in [6.07, 6.45) is 6.36. The molecule has 3 nitrogen and oxygen atoms in total. The predicted molar refractivity (Wildman–Crippen MR) is 70.8 cm³/mol. The number of carbonyl (C=O) groups is 1. The Kier molecular flexibility index (Phi) is 6.21. The molecule has 0 heterocycles. The van der Waals surface area contributed by atoms with Gasteiger partial charge in [0.1, 0.15) is 0 Å². The van der Waals surface area contributed by atoms with Gasteiger partial charge in [0.05, 0.1) is 0 Å². The van der Waals surface area contributed by atoms with Crippen molar-refractivity contribution >= 4 is 17.7 Å². The van der Waals surface area contributed by atoms with E-state index in [1.807, 2.05) is 11.8 Å². The second-order valence-corrected chi connectivity index (χ2v) is 5.62. The summed E-state index contributed by atoms with van der Waals surface area (Å²) in [6.45, 7) is 5.05. The van der Waals surface area contributed by atoms with Crippen molar-refractivity contribution < 1.29 is 4.79 Å². The Bertz CT molecular complexity index is 223. The van der Waals surface area contributed by atoms with Crippen LogP contribution in [-0.2, 0) is 4.79 Å². The number of amides is 1. The fourth-order valence-electron chi connectivity index (χ4n) is 2.34. The average Bonchev–Trinajstić information content (AvgIpc) is 2.65. The number of nitrogens with one attached hydrogen (secondary N) is 2. The average molecular weight is 244 g/mol. The van der Waals surface area contributed by atoms with Gasteiger partial charge in [-0.25, -0.2) is 0 Å². The van der Waals surface area contributed by atoms with Gasteiger partial charge in [-0.2, -0.15) is 11.8 Å². The maximum Gasteiger partial charge on any atom is 0.221 e. The molecule has 2 N–H and O–H groups in total. The maximum atomic E-state index is 11.8. The molecule has 1 saturated carbocycles. The van der Waals surface area contributed by atoms with Crippen LogP contribution < -0.4 is 10.6 Å². The lowest BCUT2D eigenvalue weighted by Gasteiger charge is -2.20. The molecular formula is C12H24N2OS. The SMILES string of the molecule is CCNC(C)CC(=O)NC1CCCC1SC. The summed E-state index contributed by atoms with van der Waals surface area (Å²) >= 11 is 1.88. The number of hydrogen-bond acceptors (Lipinski definition) is 3. The van der Waals surface area contributed by atoms with Gasteiger partial charge in [0, 0.05) is 23.8 Å². The minimum Gasteiger partial charge on any atom is -0.352 e. The summed E-state index contributed by atoms with van der Waals surface area (Å²) < 4.78 is 0. The summed E-state index contributed by atoms with van der Waals surface area (Å²) in [5, 5.41) is 7.05. The van der Waals surface area contributed by atoms with Crippen LogP contribution in [0.2, 0.25) is 0 Å². The lowest BCUT2D eigenvalue weighted by molar-refractivity contribution is -0.122. The van der Waals surface area contributed by atoms with E-state index in [1.165, 1.54) is 12.8 Å². The Hall–Kier alpha value is -0.220. The number of hydrogen-bond donors (Lipinski definition) is 2. The molecule has 0 aromatic carbocycles. The van der Waals surface area contributed by atoms with Crippen molar-refractivity contribution in [2.75, 3.05) is 12.8 Å². The van der Waals surface area contributed by atoms with E-state index in [2.05, 4.69) is 30.7 Å². The molecule has 94 valence electrons. The van der Waals surface area contributed by atoms with Crippen LogP contribution in [0.25, 0.3) is 0 Å². The molecule has 0 aromatic heterocycles. The van der Waals surface area contributed by atoms with E-state index in [-0.39, 0.29) is 11.9 Å². The van der Waals surface area contributed by atoms with E-state index in [4.69, 9.17) is 0 Å². The van der Waals surface area contributed by atoms with Gasteiger partial charge in [-0.05, 0) is 32.6 Å². The monoisotopic (exact) mass is 244 g/mol. The van der Waals surface area contributed by atoms with E-state index in [9.17, 15) is 4.79 Å². The van der Waals surface area contributed by atoms with Crippen molar-refractivity contribution in [1.29, 1.82) is 0 Å². The van der Waals surface area contributed by atoms with Crippen LogP contribution >= 0.6 is 11.8 Å². The summed E-state index contributed by atoms with van der Waals surface area (Å²) in [4.78, 5) is 11.8. The molecule has 0 saturated heterocycles. The third-order valence-electron chi connectivity index (χ3n) is 3.15. The highest BCUT2D eigenvalue weighted by atomic mass is 32.2. The van der Waals surface area contributed by atoms with Crippen LogP contribution in [0.1, 0.15) is 39.5 Å². The minimum atomic E-state index is 0.194. The molecule has 1 amide bonds. The van der Waals surface area contributed by atoms with Crippen LogP contribution in [0.3, 0.4) is 0 Å². The number of carbonyl (C=O) groups excluding carboxylic acids is 1. The summed E-state index contributed by atoms with van der Waals surface area (Å²) in [6, 6.07) is 0.676. The predicted octanol–water partition coefficient (Wildman–Crippen LogP) is 1.77. The molecule has 0 bridgehead atoms. The molecular weight excluding hydrogens is 220 g/mol.